The van der Waals surface area contributed by atoms with E-state index in [1.165, 1.54) is 5.56 Å². The van der Waals surface area contributed by atoms with Crippen molar-refractivity contribution in [2.75, 3.05) is 18.0 Å². The Morgan fingerprint density at radius 3 is 2.48 bits per heavy atom. The Balaban J connectivity index is 1.69. The van der Waals surface area contributed by atoms with Crippen molar-refractivity contribution < 1.29 is 0 Å². The molecule has 0 aliphatic carbocycles. The quantitative estimate of drug-likeness (QED) is 0.841. The third-order valence-electron chi connectivity index (χ3n) is 3.41. The number of aromatic nitrogens is 2. The van der Waals surface area contributed by atoms with E-state index in [9.17, 15) is 0 Å². The molecule has 21 heavy (non-hydrogen) atoms. The molecular formula is C15H18ClN3S2. The maximum Gasteiger partial charge on any atom is 0.208 e. The second-order valence-electron chi connectivity index (χ2n) is 5.44. The van der Waals surface area contributed by atoms with Crippen molar-refractivity contribution in [1.29, 1.82) is 0 Å². The Morgan fingerprint density at radius 2 is 1.81 bits per heavy atom. The van der Waals surface area contributed by atoms with Crippen LogP contribution >= 0.6 is 34.7 Å². The molecular weight excluding hydrogens is 322 g/mol. The van der Waals surface area contributed by atoms with E-state index < -0.39 is 0 Å². The van der Waals surface area contributed by atoms with E-state index in [0.29, 0.717) is 10.5 Å². The molecule has 112 valence electrons. The molecule has 2 heterocycles. The smallest absolute Gasteiger partial charge is 0.208 e. The predicted octanol–water partition coefficient (Wildman–Crippen LogP) is 4.11. The summed E-state index contributed by atoms with van der Waals surface area (Å²) in [5, 5.41) is 12.9. The van der Waals surface area contributed by atoms with Crippen molar-refractivity contribution in [2.24, 2.45) is 0 Å². The predicted molar refractivity (Wildman–Crippen MR) is 92.9 cm³/mol. The van der Waals surface area contributed by atoms with Gasteiger partial charge in [-0.25, -0.2) is 0 Å². The van der Waals surface area contributed by atoms with E-state index >= 15 is 0 Å². The highest BCUT2D eigenvalue weighted by molar-refractivity contribution is 8.00. The van der Waals surface area contributed by atoms with Crippen LogP contribution in [0.1, 0.15) is 24.4 Å². The van der Waals surface area contributed by atoms with Gasteiger partial charge in [-0.3, -0.25) is 0 Å². The standard InChI is InChI=1S/C15H18ClN3S2/c1-10-8-19(9-11(2)20-10)15-18-17-14(21-15)7-12-3-5-13(16)6-4-12/h3-6,10-11H,7-9H2,1-2H3. The van der Waals surface area contributed by atoms with Crippen molar-refractivity contribution in [3.63, 3.8) is 0 Å². The van der Waals surface area contributed by atoms with Crippen LogP contribution in [0.4, 0.5) is 5.13 Å². The number of hydrogen-bond donors (Lipinski definition) is 0. The fraction of sp³-hybridized carbons (Fsp3) is 0.467. The zero-order valence-corrected chi connectivity index (χ0v) is 14.5. The van der Waals surface area contributed by atoms with Crippen LogP contribution < -0.4 is 4.90 Å². The lowest BCUT2D eigenvalue weighted by Crippen LogP contribution is -2.40. The SMILES string of the molecule is CC1CN(c2nnc(Cc3ccc(Cl)cc3)s2)CC(C)S1. The number of benzene rings is 1. The van der Waals surface area contributed by atoms with Crippen LogP contribution in [0.15, 0.2) is 24.3 Å². The summed E-state index contributed by atoms with van der Waals surface area (Å²) in [6.45, 7) is 6.68. The number of nitrogens with zero attached hydrogens (tertiary/aromatic N) is 3. The van der Waals surface area contributed by atoms with Crippen molar-refractivity contribution in [2.45, 2.75) is 30.8 Å². The molecule has 1 fully saturated rings. The summed E-state index contributed by atoms with van der Waals surface area (Å²) >= 11 is 9.67. The van der Waals surface area contributed by atoms with Crippen LogP contribution in [0.5, 0.6) is 0 Å². The molecule has 6 heteroatoms. The van der Waals surface area contributed by atoms with Gasteiger partial charge in [-0.15, -0.1) is 10.2 Å². The van der Waals surface area contributed by atoms with Gasteiger partial charge < -0.3 is 4.90 Å². The summed E-state index contributed by atoms with van der Waals surface area (Å²) in [6.07, 6.45) is 0.822. The zero-order valence-electron chi connectivity index (χ0n) is 12.1. The lowest BCUT2D eigenvalue weighted by atomic mass is 10.2. The Hall–Kier alpha value is -0.780. The highest BCUT2D eigenvalue weighted by atomic mass is 35.5. The fourth-order valence-corrected chi connectivity index (χ4v) is 4.90. The van der Waals surface area contributed by atoms with Gasteiger partial charge in [0.1, 0.15) is 5.01 Å². The van der Waals surface area contributed by atoms with Gasteiger partial charge in [-0.2, -0.15) is 11.8 Å². The first-order chi connectivity index (χ1) is 10.1. The van der Waals surface area contributed by atoms with Gasteiger partial charge in [-0.1, -0.05) is 48.9 Å². The molecule has 0 saturated carbocycles. The van der Waals surface area contributed by atoms with E-state index in [4.69, 9.17) is 11.6 Å². The average molecular weight is 340 g/mol. The van der Waals surface area contributed by atoms with Crippen molar-refractivity contribution in [3.05, 3.63) is 39.9 Å². The van der Waals surface area contributed by atoms with Crippen LogP contribution in [0, 0.1) is 0 Å². The number of rotatable bonds is 3. The first-order valence-corrected chi connectivity index (χ1v) is 9.21. The van der Waals surface area contributed by atoms with E-state index in [-0.39, 0.29) is 0 Å². The molecule has 0 radical (unpaired) electrons. The number of hydrogen-bond acceptors (Lipinski definition) is 5. The van der Waals surface area contributed by atoms with Gasteiger partial charge in [0.2, 0.25) is 5.13 Å². The number of halogens is 1. The van der Waals surface area contributed by atoms with Gasteiger partial charge in [0.25, 0.3) is 0 Å². The molecule has 2 atom stereocenters. The summed E-state index contributed by atoms with van der Waals surface area (Å²) in [4.78, 5) is 2.37. The molecule has 3 nitrogen and oxygen atoms in total. The second kappa shape index (κ2) is 6.55. The monoisotopic (exact) mass is 339 g/mol. The Kier molecular flexibility index (Phi) is 4.72. The van der Waals surface area contributed by atoms with E-state index in [1.54, 1.807) is 11.3 Å². The van der Waals surface area contributed by atoms with Crippen molar-refractivity contribution >= 4 is 39.8 Å². The first-order valence-electron chi connectivity index (χ1n) is 7.07. The van der Waals surface area contributed by atoms with Crippen LogP contribution in [-0.4, -0.2) is 33.8 Å². The third kappa shape index (κ3) is 3.90. The summed E-state index contributed by atoms with van der Waals surface area (Å²) in [5.41, 5.74) is 1.22. The maximum absolute atomic E-state index is 5.91. The normalized spacial score (nSPS) is 22.5. The molecule has 1 aliphatic rings. The minimum Gasteiger partial charge on any atom is -0.344 e. The molecule has 1 aromatic heterocycles. The lowest BCUT2D eigenvalue weighted by molar-refractivity contribution is 0.720. The van der Waals surface area contributed by atoms with Crippen molar-refractivity contribution in [3.8, 4) is 0 Å². The molecule has 2 aromatic rings. The third-order valence-corrected chi connectivity index (χ3v) is 5.88. The molecule has 0 amide bonds. The summed E-state index contributed by atoms with van der Waals surface area (Å²) < 4.78 is 0. The van der Waals surface area contributed by atoms with Gasteiger partial charge in [0, 0.05) is 35.0 Å². The molecule has 3 rings (SSSR count). The van der Waals surface area contributed by atoms with Gasteiger partial charge in [0.15, 0.2) is 0 Å². The first kappa shape index (κ1) is 15.1. The molecule has 0 N–H and O–H groups in total. The van der Waals surface area contributed by atoms with Crippen LogP contribution in [0.2, 0.25) is 5.02 Å². The number of thioether (sulfide) groups is 1. The molecule has 1 aromatic carbocycles. The maximum atomic E-state index is 5.91. The number of anilines is 1. The van der Waals surface area contributed by atoms with Gasteiger partial charge >= 0.3 is 0 Å². The van der Waals surface area contributed by atoms with E-state index in [1.807, 2.05) is 24.3 Å². The average Bonchev–Trinajstić information content (AvgIpc) is 2.89. The van der Waals surface area contributed by atoms with E-state index in [0.717, 1.165) is 34.7 Å². The highest BCUT2D eigenvalue weighted by Crippen LogP contribution is 2.30. The summed E-state index contributed by atoms with van der Waals surface area (Å²) in [7, 11) is 0. The van der Waals surface area contributed by atoms with Crippen molar-refractivity contribution in [1.82, 2.24) is 10.2 Å². The molecule has 0 bridgehead atoms. The summed E-state index contributed by atoms with van der Waals surface area (Å²) in [5.74, 6) is 0. The van der Waals surface area contributed by atoms with E-state index in [2.05, 4.69) is 40.7 Å². The highest BCUT2D eigenvalue weighted by Gasteiger charge is 2.24. The molecule has 1 aliphatic heterocycles. The largest absolute Gasteiger partial charge is 0.344 e. The lowest BCUT2D eigenvalue weighted by Gasteiger charge is -2.33. The topological polar surface area (TPSA) is 29.0 Å². The van der Waals surface area contributed by atoms with Crippen LogP contribution in [0.25, 0.3) is 0 Å². The Morgan fingerprint density at radius 1 is 1.14 bits per heavy atom. The van der Waals surface area contributed by atoms with Gasteiger partial charge in [-0.05, 0) is 17.7 Å². The summed E-state index contributed by atoms with van der Waals surface area (Å²) in [6, 6.07) is 7.93. The fourth-order valence-electron chi connectivity index (χ4n) is 2.55. The zero-order chi connectivity index (χ0) is 14.8. The van der Waals surface area contributed by atoms with Crippen LogP contribution in [-0.2, 0) is 6.42 Å². The Labute approximate surface area is 138 Å². The second-order valence-corrected chi connectivity index (χ2v) is 8.80. The molecule has 1 saturated heterocycles. The molecule has 2 unspecified atom stereocenters. The Bertz CT molecular complexity index is 589. The minimum absolute atomic E-state index is 0.650. The molecule has 0 spiro atoms. The minimum atomic E-state index is 0.650. The van der Waals surface area contributed by atoms with Gasteiger partial charge in [0.05, 0.1) is 0 Å². The van der Waals surface area contributed by atoms with Crippen LogP contribution in [0.3, 0.4) is 0 Å².